The van der Waals surface area contributed by atoms with Gasteiger partial charge in [-0.1, -0.05) is 292 Å². The van der Waals surface area contributed by atoms with E-state index < -0.39 is 0 Å². The monoisotopic (exact) mass is 1160 g/mol. The number of rotatable bonds is 19. The van der Waals surface area contributed by atoms with E-state index in [0.29, 0.717) is 6.67 Å². The lowest BCUT2D eigenvalue weighted by Crippen LogP contribution is -2.30. The molecule has 13 aromatic rings. The van der Waals surface area contributed by atoms with Gasteiger partial charge in [-0.3, -0.25) is 0 Å². The molecular weight excluding hydrogens is 1090 g/mol. The van der Waals surface area contributed by atoms with Crippen molar-refractivity contribution >= 4 is 45.5 Å². The zero-order valence-electron chi connectivity index (χ0n) is 50.5. The summed E-state index contributed by atoms with van der Waals surface area (Å²) in [4.78, 5) is 10.00. The highest BCUT2D eigenvalue weighted by atomic mass is 15.3. The third-order valence-corrected chi connectivity index (χ3v) is 17.7. The molecule has 90 heavy (non-hydrogen) atoms. The molecule has 1 aliphatic heterocycles. The van der Waals surface area contributed by atoms with Crippen molar-refractivity contribution in [2.24, 2.45) is 0 Å². The van der Waals surface area contributed by atoms with Gasteiger partial charge in [0.1, 0.15) is 0 Å². The Labute approximate surface area is 530 Å². The van der Waals surface area contributed by atoms with E-state index in [4.69, 9.17) is 0 Å². The van der Waals surface area contributed by atoms with Crippen LogP contribution in [0.3, 0.4) is 0 Å². The summed E-state index contributed by atoms with van der Waals surface area (Å²) in [5.74, 6) is -0.560. The van der Waals surface area contributed by atoms with Crippen LogP contribution in [-0.2, 0) is 0 Å². The molecule has 0 spiro atoms. The lowest BCUT2D eigenvalue weighted by molar-refractivity contribution is 0.861. The van der Waals surface area contributed by atoms with Crippen LogP contribution < -0.4 is 19.6 Å². The van der Waals surface area contributed by atoms with Crippen molar-refractivity contribution in [2.75, 3.05) is 26.3 Å². The molecule has 1 atom stereocenters. The van der Waals surface area contributed by atoms with Crippen molar-refractivity contribution in [1.29, 1.82) is 0 Å². The Kier molecular flexibility index (Phi) is 16.6. The minimum Gasteiger partial charge on any atom is -0.327 e. The predicted molar refractivity (Wildman–Crippen MR) is 377 cm³/mol. The maximum Gasteiger partial charge on any atom is 0.0989 e. The highest BCUT2D eigenvalue weighted by Gasteiger charge is 2.36. The summed E-state index contributed by atoms with van der Waals surface area (Å²) < 4.78 is 0. The van der Waals surface area contributed by atoms with Gasteiger partial charge in [0.2, 0.25) is 0 Å². The largest absolute Gasteiger partial charge is 0.327 e. The summed E-state index contributed by atoms with van der Waals surface area (Å²) in [5.41, 5.74) is 22.2. The molecule has 434 valence electrons. The topological polar surface area (TPSA) is 13.0 Å². The molecule has 0 aliphatic carbocycles. The van der Waals surface area contributed by atoms with E-state index >= 15 is 0 Å². The summed E-state index contributed by atoms with van der Waals surface area (Å²) >= 11 is 0. The molecule has 0 saturated carbocycles. The Balaban J connectivity index is 1.07. The van der Waals surface area contributed by atoms with Crippen LogP contribution in [0.4, 0.5) is 45.5 Å². The fourth-order valence-electron chi connectivity index (χ4n) is 13.6. The maximum absolute atomic E-state index is 2.57. The van der Waals surface area contributed by atoms with Gasteiger partial charge in [-0.25, -0.2) is 0 Å². The molecule has 1 aliphatic rings. The Morgan fingerprint density at radius 3 is 0.678 bits per heavy atom. The van der Waals surface area contributed by atoms with Crippen molar-refractivity contribution in [2.45, 2.75) is 30.6 Å². The van der Waals surface area contributed by atoms with Gasteiger partial charge in [0.25, 0.3) is 0 Å². The van der Waals surface area contributed by atoms with Crippen LogP contribution in [0.1, 0.15) is 91.8 Å². The van der Waals surface area contributed by atoms with Gasteiger partial charge in [-0.15, -0.1) is 0 Å². The van der Waals surface area contributed by atoms with Crippen LogP contribution in [0.5, 0.6) is 0 Å². The number of hydrogen-bond donors (Lipinski definition) is 0. The second-order valence-electron chi connectivity index (χ2n) is 23.2. The molecule has 0 radical (unpaired) electrons. The SMILES string of the molecule is CC(c1ccccc1)c1cc(N(c2ccccc2)c2ccccc2)cc(C(c2ccccc2)c2ccccc2)c1N1C=CN(c2c(C(c3ccccc3)c3ccccc3)cc(N(c3ccccc3)c3ccccc3)cc2C(c2ccccc2)c2ccccc2)C1. The van der Waals surface area contributed by atoms with E-state index in [1.807, 2.05) is 0 Å². The number of benzene rings is 13. The molecular formula is C86H70N4. The van der Waals surface area contributed by atoms with Gasteiger partial charge >= 0.3 is 0 Å². The van der Waals surface area contributed by atoms with Crippen molar-refractivity contribution in [1.82, 2.24) is 0 Å². The Hall–Kier alpha value is -11.2. The van der Waals surface area contributed by atoms with Gasteiger partial charge in [0.15, 0.2) is 0 Å². The standard InChI is InChI=1S/C86H70N4/c1-64(65-35-13-2-14-36-65)78-59-76(89(72-49-27-9-28-50-72)73-51-29-10-30-52-73)60-79(82(66-37-15-3-16-38-66)67-39-17-4-18-40-67)85(78)87-57-58-88(63-87)86-80(83(68-41-19-5-20-42-68)69-43-21-6-22-44-69)61-77(90(74-53-31-11-32-54-74)75-55-33-12-34-56-75)62-81(86)84(70-45-23-7-24-46-70)71-47-25-8-26-48-71/h2-62,64,82-84H,63H2,1H3. The van der Waals surface area contributed by atoms with Gasteiger partial charge in [0.05, 0.1) is 18.0 Å². The fourth-order valence-corrected chi connectivity index (χ4v) is 13.6. The Morgan fingerprint density at radius 1 is 0.233 bits per heavy atom. The van der Waals surface area contributed by atoms with E-state index in [1.54, 1.807) is 0 Å². The van der Waals surface area contributed by atoms with E-state index in [-0.39, 0.29) is 23.7 Å². The predicted octanol–water partition coefficient (Wildman–Crippen LogP) is 22.1. The first-order valence-corrected chi connectivity index (χ1v) is 31.4. The fraction of sp³-hybridized carbons (Fsp3) is 0.0698. The van der Waals surface area contributed by atoms with Gasteiger partial charge < -0.3 is 19.6 Å². The number of hydrogen-bond acceptors (Lipinski definition) is 4. The summed E-state index contributed by atoms with van der Waals surface area (Å²) in [6.45, 7) is 2.91. The van der Waals surface area contributed by atoms with Crippen LogP contribution in [0.25, 0.3) is 0 Å². The summed E-state index contributed by atoms with van der Waals surface area (Å²) in [6.07, 6.45) is 4.73. The molecule has 13 aromatic carbocycles. The second-order valence-corrected chi connectivity index (χ2v) is 23.2. The first kappa shape index (κ1) is 56.6. The molecule has 1 heterocycles. The van der Waals surface area contributed by atoms with Crippen LogP contribution in [-0.4, -0.2) is 6.67 Å². The highest BCUT2D eigenvalue weighted by Crippen LogP contribution is 2.52. The third-order valence-electron chi connectivity index (χ3n) is 17.7. The molecule has 4 nitrogen and oxygen atoms in total. The summed E-state index contributed by atoms with van der Waals surface area (Å²) in [5, 5.41) is 0. The van der Waals surface area contributed by atoms with E-state index in [1.165, 1.54) is 66.9 Å². The van der Waals surface area contributed by atoms with Crippen LogP contribution >= 0.6 is 0 Å². The van der Waals surface area contributed by atoms with Crippen molar-refractivity contribution in [3.05, 3.63) is 432 Å². The normalized spacial score (nSPS) is 12.4. The molecule has 0 saturated heterocycles. The lowest BCUT2D eigenvalue weighted by atomic mass is 9.78. The Bertz CT molecular complexity index is 4140. The minimum atomic E-state index is -0.185. The zero-order valence-corrected chi connectivity index (χ0v) is 50.5. The maximum atomic E-state index is 2.57. The minimum absolute atomic E-state index is 0.0311. The molecule has 0 fully saturated rings. The third kappa shape index (κ3) is 11.7. The van der Waals surface area contributed by atoms with Crippen LogP contribution in [0.15, 0.2) is 370 Å². The van der Waals surface area contributed by atoms with Crippen molar-refractivity contribution < 1.29 is 0 Å². The quantitative estimate of drug-likeness (QED) is 0.0748. The lowest BCUT2D eigenvalue weighted by Gasteiger charge is -2.36. The van der Waals surface area contributed by atoms with Crippen LogP contribution in [0, 0.1) is 0 Å². The average molecular weight is 1160 g/mol. The summed E-state index contributed by atoms with van der Waals surface area (Å²) in [7, 11) is 0. The van der Waals surface area contributed by atoms with Crippen LogP contribution in [0.2, 0.25) is 0 Å². The molecule has 4 heteroatoms. The summed E-state index contributed by atoms with van der Waals surface area (Å²) in [6, 6.07) is 131. The highest BCUT2D eigenvalue weighted by molar-refractivity contribution is 5.85. The Morgan fingerprint density at radius 2 is 0.433 bits per heavy atom. The number of nitrogens with zero attached hydrogens (tertiary/aromatic N) is 4. The smallest absolute Gasteiger partial charge is 0.0989 e. The van der Waals surface area contributed by atoms with Gasteiger partial charge in [-0.05, 0) is 134 Å². The molecule has 0 aromatic heterocycles. The van der Waals surface area contributed by atoms with E-state index in [2.05, 4.69) is 397 Å². The zero-order chi connectivity index (χ0) is 60.4. The van der Waals surface area contributed by atoms with Gasteiger partial charge in [0, 0.05) is 70.2 Å². The average Bonchev–Trinajstić information content (AvgIpc) is 1.21. The molecule has 0 bridgehead atoms. The molecule has 14 rings (SSSR count). The first-order valence-electron chi connectivity index (χ1n) is 31.4. The van der Waals surface area contributed by atoms with Crippen molar-refractivity contribution in [3.8, 4) is 0 Å². The number of anilines is 8. The van der Waals surface area contributed by atoms with Crippen molar-refractivity contribution in [3.63, 3.8) is 0 Å². The van der Waals surface area contributed by atoms with E-state index in [9.17, 15) is 0 Å². The molecule has 1 unspecified atom stereocenters. The number of para-hydroxylation sites is 4. The second kappa shape index (κ2) is 26.4. The van der Waals surface area contributed by atoms with E-state index in [0.717, 1.165) is 39.8 Å². The molecule has 0 N–H and O–H groups in total. The molecule has 0 amide bonds. The first-order chi connectivity index (χ1) is 44.6. The van der Waals surface area contributed by atoms with Gasteiger partial charge in [-0.2, -0.15) is 0 Å².